The molecule has 1 saturated heterocycles. The van der Waals surface area contributed by atoms with Crippen molar-refractivity contribution in [3.63, 3.8) is 0 Å². The Kier molecular flexibility index (Phi) is 5.18. The van der Waals surface area contributed by atoms with Crippen molar-refractivity contribution in [1.29, 1.82) is 0 Å². The molecule has 30 heavy (non-hydrogen) atoms. The Hall–Kier alpha value is -2.49. The van der Waals surface area contributed by atoms with E-state index in [9.17, 15) is 4.39 Å². The minimum Gasteiger partial charge on any atom is -0.486 e. The summed E-state index contributed by atoms with van der Waals surface area (Å²) in [6.07, 6.45) is 1.40. The third-order valence-corrected chi connectivity index (χ3v) is 6.06. The monoisotopic (exact) mass is 473 g/mol. The van der Waals surface area contributed by atoms with Crippen molar-refractivity contribution in [3.05, 3.63) is 46.9 Å². The Balaban J connectivity index is 1.40. The fourth-order valence-electron chi connectivity index (χ4n) is 3.77. The van der Waals surface area contributed by atoms with Crippen LogP contribution in [-0.2, 0) is 0 Å². The molecule has 0 radical (unpaired) electrons. The molecule has 2 N–H and O–H groups in total. The molecule has 1 fully saturated rings. The number of nitrogens with one attached hydrogen (secondary N) is 2. The SMILES string of the molecule is CNC1CN(C[C@H]2COc3cc4ncnc(Nc5cccc(Br)c5F)c4cc3O2)C1. The van der Waals surface area contributed by atoms with Crippen molar-refractivity contribution in [1.82, 2.24) is 20.2 Å². The van der Waals surface area contributed by atoms with E-state index in [1.807, 2.05) is 19.2 Å². The van der Waals surface area contributed by atoms with Crippen LogP contribution in [0.1, 0.15) is 0 Å². The van der Waals surface area contributed by atoms with Gasteiger partial charge in [0.2, 0.25) is 0 Å². The quantitative estimate of drug-likeness (QED) is 0.588. The zero-order chi connectivity index (χ0) is 20.7. The van der Waals surface area contributed by atoms with E-state index in [0.717, 1.165) is 25.0 Å². The maximum absolute atomic E-state index is 14.4. The van der Waals surface area contributed by atoms with Crippen LogP contribution >= 0.6 is 15.9 Å². The Morgan fingerprint density at radius 3 is 2.93 bits per heavy atom. The van der Waals surface area contributed by atoms with Crippen LogP contribution in [0.3, 0.4) is 0 Å². The van der Waals surface area contributed by atoms with E-state index in [2.05, 4.69) is 41.4 Å². The number of anilines is 2. The van der Waals surface area contributed by atoms with Gasteiger partial charge < -0.3 is 20.1 Å². The second-order valence-electron chi connectivity index (χ2n) is 7.52. The van der Waals surface area contributed by atoms with Gasteiger partial charge in [0.05, 0.1) is 15.7 Å². The number of hydrogen-bond acceptors (Lipinski definition) is 7. The summed E-state index contributed by atoms with van der Waals surface area (Å²) in [4.78, 5) is 11.0. The number of aromatic nitrogens is 2. The number of likely N-dealkylation sites (tertiary alicyclic amines) is 1. The van der Waals surface area contributed by atoms with E-state index in [0.29, 0.717) is 45.6 Å². The summed E-state index contributed by atoms with van der Waals surface area (Å²) in [5.74, 6) is 1.44. The van der Waals surface area contributed by atoms with Gasteiger partial charge in [0, 0.05) is 37.1 Å². The van der Waals surface area contributed by atoms with Gasteiger partial charge in [0.15, 0.2) is 17.3 Å². The highest BCUT2D eigenvalue weighted by atomic mass is 79.9. The summed E-state index contributed by atoms with van der Waals surface area (Å²) in [5.41, 5.74) is 1.03. The highest BCUT2D eigenvalue weighted by Crippen LogP contribution is 2.38. The lowest BCUT2D eigenvalue weighted by atomic mass is 10.1. The first-order chi connectivity index (χ1) is 14.6. The molecule has 0 spiro atoms. The molecule has 2 aliphatic heterocycles. The molecule has 7 nitrogen and oxygen atoms in total. The van der Waals surface area contributed by atoms with E-state index in [4.69, 9.17) is 9.47 Å². The molecule has 5 rings (SSSR count). The van der Waals surface area contributed by atoms with Crippen LogP contribution in [-0.4, -0.2) is 60.3 Å². The summed E-state index contributed by atoms with van der Waals surface area (Å²) in [5, 5.41) is 7.08. The smallest absolute Gasteiger partial charge is 0.163 e. The first kappa shape index (κ1) is 19.5. The van der Waals surface area contributed by atoms with Crippen molar-refractivity contribution in [3.8, 4) is 11.5 Å². The van der Waals surface area contributed by atoms with E-state index in [1.165, 1.54) is 6.33 Å². The maximum Gasteiger partial charge on any atom is 0.163 e. The number of ether oxygens (including phenoxy) is 2. The average molecular weight is 474 g/mol. The fraction of sp³-hybridized carbons (Fsp3) is 0.333. The summed E-state index contributed by atoms with van der Waals surface area (Å²) >= 11 is 3.21. The molecule has 1 atom stereocenters. The van der Waals surface area contributed by atoms with Gasteiger partial charge in [-0.3, -0.25) is 4.90 Å². The molecule has 0 amide bonds. The van der Waals surface area contributed by atoms with Gasteiger partial charge in [0.1, 0.15) is 24.9 Å². The number of hydrogen-bond donors (Lipinski definition) is 2. The number of nitrogens with zero attached hydrogens (tertiary/aromatic N) is 3. The van der Waals surface area contributed by atoms with Crippen molar-refractivity contribution in [2.75, 3.05) is 38.6 Å². The highest BCUT2D eigenvalue weighted by Gasteiger charge is 2.30. The normalized spacial score (nSPS) is 19.0. The summed E-state index contributed by atoms with van der Waals surface area (Å²) in [7, 11) is 1.98. The molecule has 2 aliphatic rings. The predicted octanol–water partition coefficient (Wildman–Crippen LogP) is 3.32. The van der Waals surface area contributed by atoms with Crippen LogP contribution in [0.25, 0.3) is 10.9 Å². The molecular weight excluding hydrogens is 453 g/mol. The average Bonchev–Trinajstić information content (AvgIpc) is 2.72. The molecule has 0 aliphatic carbocycles. The number of benzene rings is 2. The summed E-state index contributed by atoms with van der Waals surface area (Å²) < 4.78 is 27.0. The molecule has 156 valence electrons. The summed E-state index contributed by atoms with van der Waals surface area (Å²) in [6, 6.07) is 9.32. The number of likely N-dealkylation sites (N-methyl/N-ethyl adjacent to an activating group) is 1. The van der Waals surface area contributed by atoms with E-state index >= 15 is 0 Å². The van der Waals surface area contributed by atoms with Crippen LogP contribution in [0.5, 0.6) is 11.5 Å². The Morgan fingerprint density at radius 2 is 2.10 bits per heavy atom. The van der Waals surface area contributed by atoms with Gasteiger partial charge in [0.25, 0.3) is 0 Å². The third-order valence-electron chi connectivity index (χ3n) is 5.45. The molecule has 0 saturated carbocycles. The Morgan fingerprint density at radius 1 is 1.23 bits per heavy atom. The Labute approximate surface area is 181 Å². The van der Waals surface area contributed by atoms with Crippen molar-refractivity contribution < 1.29 is 13.9 Å². The second kappa shape index (κ2) is 7.98. The van der Waals surface area contributed by atoms with Crippen LogP contribution in [0.2, 0.25) is 0 Å². The first-order valence-electron chi connectivity index (χ1n) is 9.79. The highest BCUT2D eigenvalue weighted by molar-refractivity contribution is 9.10. The van der Waals surface area contributed by atoms with Gasteiger partial charge >= 0.3 is 0 Å². The van der Waals surface area contributed by atoms with Gasteiger partial charge in [-0.2, -0.15) is 0 Å². The fourth-order valence-corrected chi connectivity index (χ4v) is 4.14. The molecule has 0 unspecified atom stereocenters. The van der Waals surface area contributed by atoms with E-state index in [-0.39, 0.29) is 11.9 Å². The third kappa shape index (κ3) is 3.68. The van der Waals surface area contributed by atoms with Crippen LogP contribution < -0.4 is 20.1 Å². The molecule has 1 aromatic heterocycles. The van der Waals surface area contributed by atoms with E-state index in [1.54, 1.807) is 18.2 Å². The second-order valence-corrected chi connectivity index (χ2v) is 8.37. The lowest BCUT2D eigenvalue weighted by Crippen LogP contribution is -2.59. The number of halogens is 2. The van der Waals surface area contributed by atoms with Crippen molar-refractivity contribution in [2.45, 2.75) is 12.1 Å². The van der Waals surface area contributed by atoms with Gasteiger partial charge in [-0.05, 0) is 41.2 Å². The van der Waals surface area contributed by atoms with Crippen LogP contribution in [0.15, 0.2) is 41.1 Å². The minimum absolute atomic E-state index is 0.0451. The zero-order valence-corrected chi connectivity index (χ0v) is 17.9. The van der Waals surface area contributed by atoms with E-state index < -0.39 is 0 Å². The molecule has 3 heterocycles. The zero-order valence-electron chi connectivity index (χ0n) is 16.4. The Bertz CT molecular complexity index is 1090. The van der Waals surface area contributed by atoms with Crippen LogP contribution in [0, 0.1) is 5.82 Å². The maximum atomic E-state index is 14.4. The lowest BCUT2D eigenvalue weighted by molar-refractivity contribution is 0.0286. The van der Waals surface area contributed by atoms with Crippen molar-refractivity contribution >= 4 is 38.3 Å². The van der Waals surface area contributed by atoms with Gasteiger partial charge in [-0.15, -0.1) is 0 Å². The summed E-state index contributed by atoms with van der Waals surface area (Å²) in [6.45, 7) is 3.34. The van der Waals surface area contributed by atoms with Gasteiger partial charge in [-0.25, -0.2) is 14.4 Å². The topological polar surface area (TPSA) is 71.5 Å². The largest absolute Gasteiger partial charge is 0.486 e. The van der Waals surface area contributed by atoms with Crippen LogP contribution in [0.4, 0.5) is 15.9 Å². The molecule has 3 aromatic rings. The molecule has 2 aromatic carbocycles. The van der Waals surface area contributed by atoms with Gasteiger partial charge in [-0.1, -0.05) is 6.07 Å². The molecule has 0 bridgehead atoms. The minimum atomic E-state index is -0.378. The lowest BCUT2D eigenvalue weighted by Gasteiger charge is -2.41. The number of rotatable bonds is 5. The first-order valence-corrected chi connectivity index (χ1v) is 10.6. The molecular formula is C21H21BrFN5O2. The van der Waals surface area contributed by atoms with Crippen molar-refractivity contribution in [2.24, 2.45) is 0 Å². The number of fused-ring (bicyclic) bond motifs is 2. The standard InChI is InChI=1S/C21H21BrFN5O2/c1-24-12-7-28(8-12)9-13-10-29-18-6-17-14(5-19(18)30-13)21(26-11-25-17)27-16-4-2-3-15(22)20(16)23/h2-6,11-13,24H,7-10H2,1H3,(H,25,26,27)/t13-/m0/s1. The predicted molar refractivity (Wildman–Crippen MR) is 116 cm³/mol. The molecule has 9 heteroatoms.